The summed E-state index contributed by atoms with van der Waals surface area (Å²) in [5, 5.41) is 0. The summed E-state index contributed by atoms with van der Waals surface area (Å²) in [4.78, 5) is 14.2. The standard InChI is InChI=1S/C9H7BrF3NO2/c1-16-6(15)4-5-2-3-14-8(7(5)10)9(11,12)13/h2-3H,4H2,1H3. The number of pyridine rings is 1. The van der Waals surface area contributed by atoms with Crippen LogP contribution in [0.5, 0.6) is 0 Å². The summed E-state index contributed by atoms with van der Waals surface area (Å²) >= 11 is 2.78. The smallest absolute Gasteiger partial charge is 0.434 e. The van der Waals surface area contributed by atoms with Gasteiger partial charge in [0.1, 0.15) is 0 Å². The highest BCUT2D eigenvalue weighted by molar-refractivity contribution is 9.10. The number of hydrogen-bond acceptors (Lipinski definition) is 3. The van der Waals surface area contributed by atoms with Gasteiger partial charge in [-0.3, -0.25) is 9.78 Å². The van der Waals surface area contributed by atoms with E-state index < -0.39 is 17.8 Å². The first-order valence-corrected chi connectivity index (χ1v) is 4.93. The number of alkyl halides is 3. The van der Waals surface area contributed by atoms with E-state index in [4.69, 9.17) is 0 Å². The molecule has 88 valence electrons. The molecule has 0 aliphatic carbocycles. The zero-order valence-corrected chi connectivity index (χ0v) is 9.72. The van der Waals surface area contributed by atoms with Gasteiger partial charge >= 0.3 is 12.1 Å². The number of rotatable bonds is 2. The minimum atomic E-state index is -4.55. The number of nitrogens with zero attached hydrogens (tertiary/aromatic N) is 1. The van der Waals surface area contributed by atoms with E-state index in [9.17, 15) is 18.0 Å². The topological polar surface area (TPSA) is 39.2 Å². The van der Waals surface area contributed by atoms with Crippen LogP contribution in [0.4, 0.5) is 13.2 Å². The molecular formula is C9H7BrF3NO2. The van der Waals surface area contributed by atoms with Gasteiger partial charge in [0.05, 0.1) is 18.0 Å². The summed E-state index contributed by atoms with van der Waals surface area (Å²) in [5.41, 5.74) is -0.858. The summed E-state index contributed by atoms with van der Waals surface area (Å²) in [6.07, 6.45) is -3.78. The van der Waals surface area contributed by atoms with Crippen molar-refractivity contribution in [2.75, 3.05) is 7.11 Å². The molecule has 1 rings (SSSR count). The second kappa shape index (κ2) is 4.82. The number of ether oxygens (including phenoxy) is 1. The molecule has 0 saturated heterocycles. The van der Waals surface area contributed by atoms with Crippen LogP contribution in [0.2, 0.25) is 0 Å². The molecule has 0 saturated carbocycles. The summed E-state index contributed by atoms with van der Waals surface area (Å²) in [6.45, 7) is 0. The maximum Gasteiger partial charge on any atom is 0.434 e. The number of carbonyl (C=O) groups excluding carboxylic acids is 1. The van der Waals surface area contributed by atoms with Crippen molar-refractivity contribution in [2.45, 2.75) is 12.6 Å². The fourth-order valence-corrected chi connectivity index (χ4v) is 1.65. The van der Waals surface area contributed by atoms with Gasteiger partial charge < -0.3 is 4.74 Å². The Kier molecular flexibility index (Phi) is 3.90. The highest BCUT2D eigenvalue weighted by Crippen LogP contribution is 2.34. The van der Waals surface area contributed by atoms with E-state index in [2.05, 4.69) is 25.7 Å². The predicted octanol–water partition coefficient (Wildman–Crippen LogP) is 2.58. The molecule has 1 aromatic heterocycles. The molecule has 7 heteroatoms. The highest BCUT2D eigenvalue weighted by Gasteiger charge is 2.35. The SMILES string of the molecule is COC(=O)Cc1ccnc(C(F)(F)F)c1Br. The molecule has 0 fully saturated rings. The van der Waals surface area contributed by atoms with Crippen molar-refractivity contribution in [3.63, 3.8) is 0 Å². The van der Waals surface area contributed by atoms with Crippen LogP contribution in [-0.4, -0.2) is 18.1 Å². The molecule has 0 bridgehead atoms. The maximum absolute atomic E-state index is 12.4. The third-order valence-electron chi connectivity index (χ3n) is 1.80. The molecule has 1 heterocycles. The molecule has 0 unspecified atom stereocenters. The average Bonchev–Trinajstić information content (AvgIpc) is 2.19. The second-order valence-electron chi connectivity index (χ2n) is 2.88. The minimum Gasteiger partial charge on any atom is -0.469 e. The van der Waals surface area contributed by atoms with Gasteiger partial charge in [-0.2, -0.15) is 13.2 Å². The van der Waals surface area contributed by atoms with Crippen LogP contribution in [0.15, 0.2) is 16.7 Å². The molecule has 0 radical (unpaired) electrons. The zero-order valence-electron chi connectivity index (χ0n) is 8.14. The minimum absolute atomic E-state index is 0.189. The van der Waals surface area contributed by atoms with Crippen molar-refractivity contribution >= 4 is 21.9 Å². The Labute approximate surface area is 97.8 Å². The molecule has 1 aromatic rings. The number of esters is 1. The molecule has 16 heavy (non-hydrogen) atoms. The quantitative estimate of drug-likeness (QED) is 0.788. The van der Waals surface area contributed by atoms with Gasteiger partial charge in [-0.1, -0.05) is 0 Å². The van der Waals surface area contributed by atoms with Gasteiger partial charge in [0.15, 0.2) is 5.69 Å². The lowest BCUT2D eigenvalue weighted by atomic mass is 10.1. The Morgan fingerprint density at radius 3 is 2.69 bits per heavy atom. The van der Waals surface area contributed by atoms with Gasteiger partial charge in [-0.15, -0.1) is 0 Å². The predicted molar refractivity (Wildman–Crippen MR) is 52.7 cm³/mol. The molecule has 0 aromatic carbocycles. The number of halogens is 4. The molecule has 0 aliphatic heterocycles. The Hall–Kier alpha value is -1.11. The normalized spacial score (nSPS) is 11.3. The van der Waals surface area contributed by atoms with E-state index in [0.717, 1.165) is 6.20 Å². The number of carbonyl (C=O) groups is 1. The van der Waals surface area contributed by atoms with Crippen molar-refractivity contribution in [3.05, 3.63) is 28.0 Å². The Morgan fingerprint density at radius 1 is 1.56 bits per heavy atom. The fourth-order valence-electron chi connectivity index (χ4n) is 1.05. The maximum atomic E-state index is 12.4. The lowest BCUT2D eigenvalue weighted by Gasteiger charge is -2.10. The van der Waals surface area contributed by atoms with Gasteiger partial charge in [-0.25, -0.2) is 0 Å². The first-order valence-electron chi connectivity index (χ1n) is 4.13. The Morgan fingerprint density at radius 2 is 2.19 bits per heavy atom. The van der Waals surface area contributed by atoms with E-state index >= 15 is 0 Å². The molecule has 0 atom stereocenters. The van der Waals surface area contributed by atoms with Crippen LogP contribution in [0, 0.1) is 0 Å². The number of aromatic nitrogens is 1. The molecule has 0 aliphatic rings. The Balaban J connectivity index is 3.09. The van der Waals surface area contributed by atoms with E-state index in [1.807, 2.05) is 0 Å². The first-order chi connectivity index (χ1) is 7.36. The van der Waals surface area contributed by atoms with Gasteiger partial charge in [-0.05, 0) is 27.6 Å². The van der Waals surface area contributed by atoms with E-state index in [1.165, 1.54) is 13.2 Å². The number of hydrogen-bond donors (Lipinski definition) is 0. The molecule has 0 amide bonds. The monoisotopic (exact) mass is 297 g/mol. The molecule has 3 nitrogen and oxygen atoms in total. The van der Waals surface area contributed by atoms with Crippen LogP contribution < -0.4 is 0 Å². The van der Waals surface area contributed by atoms with Crippen molar-refractivity contribution in [2.24, 2.45) is 0 Å². The van der Waals surface area contributed by atoms with Gasteiger partial charge in [0.2, 0.25) is 0 Å². The van der Waals surface area contributed by atoms with E-state index in [1.54, 1.807) is 0 Å². The lowest BCUT2D eigenvalue weighted by molar-refractivity contribution is -0.143. The summed E-state index contributed by atoms with van der Waals surface area (Å²) in [6, 6.07) is 1.33. The molecule has 0 N–H and O–H groups in total. The fraction of sp³-hybridized carbons (Fsp3) is 0.333. The van der Waals surface area contributed by atoms with Crippen molar-refractivity contribution in [1.29, 1.82) is 0 Å². The third-order valence-corrected chi connectivity index (χ3v) is 2.69. The lowest BCUT2D eigenvalue weighted by Crippen LogP contribution is -2.12. The van der Waals surface area contributed by atoms with Crippen LogP contribution in [0.25, 0.3) is 0 Å². The van der Waals surface area contributed by atoms with Crippen LogP contribution in [0.1, 0.15) is 11.3 Å². The van der Waals surface area contributed by atoms with Crippen molar-refractivity contribution < 1.29 is 22.7 Å². The van der Waals surface area contributed by atoms with Crippen molar-refractivity contribution in [1.82, 2.24) is 4.98 Å². The highest BCUT2D eigenvalue weighted by atomic mass is 79.9. The average molecular weight is 298 g/mol. The first kappa shape index (κ1) is 13.0. The van der Waals surface area contributed by atoms with Gasteiger partial charge in [0, 0.05) is 6.20 Å². The summed E-state index contributed by atoms with van der Waals surface area (Å²) < 4.78 is 41.5. The van der Waals surface area contributed by atoms with Crippen LogP contribution >= 0.6 is 15.9 Å². The van der Waals surface area contributed by atoms with Gasteiger partial charge in [0.25, 0.3) is 0 Å². The van der Waals surface area contributed by atoms with Crippen LogP contribution in [-0.2, 0) is 22.1 Å². The summed E-state index contributed by atoms with van der Waals surface area (Å²) in [5.74, 6) is -0.611. The zero-order chi connectivity index (χ0) is 12.3. The second-order valence-corrected chi connectivity index (χ2v) is 3.68. The van der Waals surface area contributed by atoms with Crippen molar-refractivity contribution in [3.8, 4) is 0 Å². The van der Waals surface area contributed by atoms with E-state index in [0.29, 0.717) is 0 Å². The molecule has 0 spiro atoms. The Bertz CT molecular complexity index is 406. The summed E-state index contributed by atoms with van der Waals surface area (Å²) in [7, 11) is 1.17. The molecular weight excluding hydrogens is 291 g/mol. The third kappa shape index (κ3) is 2.94. The van der Waals surface area contributed by atoms with E-state index in [-0.39, 0.29) is 16.5 Å². The van der Waals surface area contributed by atoms with Crippen LogP contribution in [0.3, 0.4) is 0 Å². The largest absolute Gasteiger partial charge is 0.469 e. The number of methoxy groups -OCH3 is 1.